The van der Waals surface area contributed by atoms with Gasteiger partial charge in [0.1, 0.15) is 0 Å². The summed E-state index contributed by atoms with van der Waals surface area (Å²) >= 11 is 0. The molecule has 5 nitrogen and oxygen atoms in total. The van der Waals surface area contributed by atoms with Crippen LogP contribution >= 0.6 is 0 Å². The molecule has 0 bridgehead atoms. The number of aryl methyl sites for hydroxylation is 2. The number of nitrogens with zero attached hydrogens (tertiary/aromatic N) is 1. The van der Waals surface area contributed by atoms with Crippen LogP contribution in [0.3, 0.4) is 0 Å². The first-order valence-corrected chi connectivity index (χ1v) is 10.8. The Kier molecular flexibility index (Phi) is 4.26. The van der Waals surface area contributed by atoms with E-state index in [1.54, 1.807) is 18.2 Å². The first-order chi connectivity index (χ1) is 12.8. The highest BCUT2D eigenvalue weighted by molar-refractivity contribution is 7.92. The fourth-order valence-corrected chi connectivity index (χ4v) is 4.86. The highest BCUT2D eigenvalue weighted by atomic mass is 32.2. The molecular formula is C21H24N2O3S. The van der Waals surface area contributed by atoms with E-state index in [1.807, 2.05) is 43.9 Å². The smallest absolute Gasteiger partial charge is 0.261 e. The van der Waals surface area contributed by atoms with Gasteiger partial charge in [-0.2, -0.15) is 0 Å². The molecule has 1 heterocycles. The van der Waals surface area contributed by atoms with E-state index >= 15 is 0 Å². The zero-order valence-corrected chi connectivity index (χ0v) is 16.6. The Labute approximate surface area is 160 Å². The minimum absolute atomic E-state index is 0.0676. The third kappa shape index (κ3) is 3.34. The van der Waals surface area contributed by atoms with Crippen molar-refractivity contribution < 1.29 is 13.2 Å². The summed E-state index contributed by atoms with van der Waals surface area (Å²) in [5, 5.41) is 0. The van der Waals surface area contributed by atoms with Crippen LogP contribution in [0.15, 0.2) is 41.3 Å². The van der Waals surface area contributed by atoms with Crippen LogP contribution in [0, 0.1) is 19.8 Å². The number of hydrogen-bond donors (Lipinski definition) is 1. The Bertz CT molecular complexity index is 1030. The number of anilines is 2. The van der Waals surface area contributed by atoms with Gasteiger partial charge in [-0.05, 0) is 81.0 Å². The molecule has 6 heteroatoms. The number of amides is 1. The van der Waals surface area contributed by atoms with Crippen molar-refractivity contribution in [2.24, 2.45) is 5.92 Å². The maximum absolute atomic E-state index is 12.9. The SMILES string of the molecule is Cc1ccc(C)c(NS(=O)(=O)c2ccc3c(c2)C[C@H](C)N3C(=O)C2CC2)c1. The van der Waals surface area contributed by atoms with Crippen molar-refractivity contribution in [3.8, 4) is 0 Å². The van der Waals surface area contributed by atoms with Gasteiger partial charge < -0.3 is 4.90 Å². The predicted octanol–water partition coefficient (Wildman–Crippen LogP) is 3.79. The molecule has 1 saturated carbocycles. The average molecular weight is 385 g/mol. The minimum atomic E-state index is -3.69. The van der Waals surface area contributed by atoms with E-state index in [0.29, 0.717) is 12.1 Å². The number of sulfonamides is 1. The van der Waals surface area contributed by atoms with Crippen molar-refractivity contribution in [3.63, 3.8) is 0 Å². The molecule has 142 valence electrons. The molecule has 1 N–H and O–H groups in total. The number of fused-ring (bicyclic) bond motifs is 1. The molecule has 0 spiro atoms. The molecule has 27 heavy (non-hydrogen) atoms. The van der Waals surface area contributed by atoms with Gasteiger partial charge in [0, 0.05) is 17.6 Å². The van der Waals surface area contributed by atoms with Crippen molar-refractivity contribution in [1.82, 2.24) is 0 Å². The highest BCUT2D eigenvalue weighted by Gasteiger charge is 2.39. The second kappa shape index (κ2) is 6.37. The van der Waals surface area contributed by atoms with Crippen molar-refractivity contribution >= 4 is 27.3 Å². The topological polar surface area (TPSA) is 66.5 Å². The van der Waals surface area contributed by atoms with Crippen LogP contribution < -0.4 is 9.62 Å². The lowest BCUT2D eigenvalue weighted by Gasteiger charge is -2.22. The van der Waals surface area contributed by atoms with Crippen molar-refractivity contribution in [2.45, 2.75) is 51.0 Å². The van der Waals surface area contributed by atoms with Crippen LogP contribution in [-0.4, -0.2) is 20.4 Å². The summed E-state index contributed by atoms with van der Waals surface area (Å²) in [6.07, 6.45) is 2.61. The maximum atomic E-state index is 12.9. The van der Waals surface area contributed by atoms with E-state index in [2.05, 4.69) is 4.72 Å². The lowest BCUT2D eigenvalue weighted by molar-refractivity contribution is -0.120. The van der Waals surface area contributed by atoms with E-state index < -0.39 is 10.0 Å². The number of rotatable bonds is 4. The van der Waals surface area contributed by atoms with Gasteiger partial charge >= 0.3 is 0 Å². The maximum Gasteiger partial charge on any atom is 0.261 e. The monoisotopic (exact) mass is 384 g/mol. The fourth-order valence-electron chi connectivity index (χ4n) is 3.69. The first kappa shape index (κ1) is 18.0. The van der Waals surface area contributed by atoms with Crippen molar-refractivity contribution in [2.75, 3.05) is 9.62 Å². The van der Waals surface area contributed by atoms with Crippen LogP contribution in [0.1, 0.15) is 36.5 Å². The lowest BCUT2D eigenvalue weighted by atomic mass is 10.1. The van der Waals surface area contributed by atoms with Crippen LogP contribution in [0.5, 0.6) is 0 Å². The van der Waals surface area contributed by atoms with Gasteiger partial charge in [0.05, 0.1) is 10.6 Å². The summed E-state index contributed by atoms with van der Waals surface area (Å²) in [4.78, 5) is 14.6. The number of carbonyl (C=O) groups is 1. The number of hydrogen-bond acceptors (Lipinski definition) is 3. The molecule has 1 aliphatic heterocycles. The van der Waals surface area contributed by atoms with Gasteiger partial charge in [-0.25, -0.2) is 8.42 Å². The Morgan fingerprint density at radius 1 is 1.11 bits per heavy atom. The molecule has 2 aromatic carbocycles. The zero-order valence-electron chi connectivity index (χ0n) is 15.8. The number of carbonyl (C=O) groups excluding carboxylic acids is 1. The summed E-state index contributed by atoms with van der Waals surface area (Å²) in [5.41, 5.74) is 4.23. The summed E-state index contributed by atoms with van der Waals surface area (Å²) in [6, 6.07) is 10.8. The zero-order chi connectivity index (χ0) is 19.3. The van der Waals surface area contributed by atoms with Crippen molar-refractivity contribution in [3.05, 3.63) is 53.1 Å². The molecule has 1 amide bonds. The van der Waals surface area contributed by atoms with Gasteiger partial charge in [0.25, 0.3) is 10.0 Å². The van der Waals surface area contributed by atoms with Gasteiger partial charge in [-0.1, -0.05) is 12.1 Å². The second-order valence-corrected chi connectivity index (χ2v) is 9.43. The van der Waals surface area contributed by atoms with E-state index in [-0.39, 0.29) is 22.8 Å². The molecule has 4 rings (SSSR count). The van der Waals surface area contributed by atoms with Crippen LogP contribution in [0.2, 0.25) is 0 Å². The summed E-state index contributed by atoms with van der Waals surface area (Å²) < 4.78 is 28.5. The molecular weight excluding hydrogens is 360 g/mol. The number of benzene rings is 2. The van der Waals surface area contributed by atoms with E-state index in [0.717, 1.165) is 35.2 Å². The average Bonchev–Trinajstić information content (AvgIpc) is 3.39. The van der Waals surface area contributed by atoms with E-state index in [4.69, 9.17) is 0 Å². The normalized spacial score (nSPS) is 19.1. The van der Waals surface area contributed by atoms with Gasteiger partial charge in [0.15, 0.2) is 0 Å². The molecule has 0 saturated heterocycles. The Morgan fingerprint density at radius 3 is 2.56 bits per heavy atom. The van der Waals surface area contributed by atoms with Crippen LogP contribution in [-0.2, 0) is 21.2 Å². The molecule has 0 radical (unpaired) electrons. The minimum Gasteiger partial charge on any atom is -0.309 e. The van der Waals surface area contributed by atoms with Gasteiger partial charge in [-0.15, -0.1) is 0 Å². The summed E-state index contributed by atoms with van der Waals surface area (Å²) in [7, 11) is -3.69. The quantitative estimate of drug-likeness (QED) is 0.872. The van der Waals surface area contributed by atoms with Crippen LogP contribution in [0.4, 0.5) is 11.4 Å². The molecule has 0 unspecified atom stereocenters. The van der Waals surface area contributed by atoms with Gasteiger partial charge in [0.2, 0.25) is 5.91 Å². The Hall–Kier alpha value is -2.34. The lowest BCUT2D eigenvalue weighted by Crippen LogP contribution is -2.36. The molecule has 1 atom stereocenters. The molecule has 2 aromatic rings. The van der Waals surface area contributed by atoms with Gasteiger partial charge in [-0.3, -0.25) is 9.52 Å². The fraction of sp³-hybridized carbons (Fsp3) is 0.381. The van der Waals surface area contributed by atoms with E-state index in [1.165, 1.54) is 0 Å². The van der Waals surface area contributed by atoms with Crippen molar-refractivity contribution in [1.29, 1.82) is 0 Å². The molecule has 2 aliphatic rings. The largest absolute Gasteiger partial charge is 0.309 e. The predicted molar refractivity (Wildman–Crippen MR) is 107 cm³/mol. The van der Waals surface area contributed by atoms with Crippen LogP contribution in [0.25, 0.3) is 0 Å². The second-order valence-electron chi connectivity index (χ2n) is 7.75. The Balaban J connectivity index is 1.64. The molecule has 1 fully saturated rings. The number of nitrogens with one attached hydrogen (secondary N) is 1. The highest BCUT2D eigenvalue weighted by Crippen LogP contribution is 2.39. The third-order valence-corrected chi connectivity index (χ3v) is 6.74. The standard InChI is InChI=1S/C21H24N2O3S/c1-13-4-5-14(2)19(10-13)22-27(25,26)18-8-9-20-17(12-18)11-15(3)23(20)21(24)16-6-7-16/h4-5,8-10,12,15-16,22H,6-7,11H2,1-3H3/t15-/m0/s1. The first-order valence-electron chi connectivity index (χ1n) is 9.32. The summed E-state index contributed by atoms with van der Waals surface area (Å²) in [5.74, 6) is 0.318. The third-order valence-electron chi connectivity index (χ3n) is 5.38. The molecule has 0 aromatic heterocycles. The Morgan fingerprint density at radius 2 is 1.85 bits per heavy atom. The molecule has 1 aliphatic carbocycles. The van der Waals surface area contributed by atoms with E-state index in [9.17, 15) is 13.2 Å². The summed E-state index contributed by atoms with van der Waals surface area (Å²) in [6.45, 7) is 5.82.